The number of aliphatic hydroxyl groups is 1. The van der Waals surface area contributed by atoms with Crippen molar-refractivity contribution in [2.75, 3.05) is 13.1 Å². The summed E-state index contributed by atoms with van der Waals surface area (Å²) >= 11 is 1.54. The Hall–Kier alpha value is -2.57. The second-order valence-corrected chi connectivity index (χ2v) is 7.90. The molecule has 3 aromatic rings. The Balaban J connectivity index is 1.67. The van der Waals surface area contributed by atoms with Crippen molar-refractivity contribution in [3.05, 3.63) is 82.4 Å². The summed E-state index contributed by atoms with van der Waals surface area (Å²) in [6.07, 6.45) is 2.44. The van der Waals surface area contributed by atoms with Crippen molar-refractivity contribution in [2.45, 2.75) is 31.9 Å². The third-order valence-electron chi connectivity index (χ3n) is 4.49. The number of thiophene rings is 1. The Morgan fingerprint density at radius 2 is 2.00 bits per heavy atom. The molecule has 0 saturated carbocycles. The van der Waals surface area contributed by atoms with Gasteiger partial charge in [-0.15, -0.1) is 11.3 Å². The van der Waals surface area contributed by atoms with Gasteiger partial charge in [0.25, 0.3) is 0 Å². The summed E-state index contributed by atoms with van der Waals surface area (Å²) < 4.78 is 5.39. The highest BCUT2D eigenvalue weighted by Gasteiger charge is 2.24. The van der Waals surface area contributed by atoms with E-state index in [0.717, 1.165) is 17.1 Å². The van der Waals surface area contributed by atoms with Crippen LogP contribution in [0.2, 0.25) is 0 Å². The predicted octanol–water partition coefficient (Wildman–Crippen LogP) is 4.09. The molecule has 2 heterocycles. The molecule has 6 heteroatoms. The van der Waals surface area contributed by atoms with Crippen molar-refractivity contribution in [3.63, 3.8) is 0 Å². The van der Waals surface area contributed by atoms with Gasteiger partial charge < -0.3 is 20.2 Å². The molecule has 0 radical (unpaired) electrons. The van der Waals surface area contributed by atoms with Gasteiger partial charge in [0.15, 0.2) is 5.96 Å². The first-order valence-corrected chi connectivity index (χ1v) is 10.3. The molecule has 0 aliphatic heterocycles. The third kappa shape index (κ3) is 5.71. The van der Waals surface area contributed by atoms with Crippen LogP contribution in [0.25, 0.3) is 0 Å². The van der Waals surface area contributed by atoms with Crippen molar-refractivity contribution < 1.29 is 9.52 Å². The van der Waals surface area contributed by atoms with Gasteiger partial charge in [0.2, 0.25) is 0 Å². The van der Waals surface area contributed by atoms with Gasteiger partial charge in [-0.3, -0.25) is 0 Å². The number of nitrogens with one attached hydrogen (secondary N) is 2. The van der Waals surface area contributed by atoms with E-state index in [0.29, 0.717) is 12.5 Å². The van der Waals surface area contributed by atoms with Crippen molar-refractivity contribution in [2.24, 2.45) is 4.99 Å². The first kappa shape index (κ1) is 20.2. The van der Waals surface area contributed by atoms with Crippen LogP contribution < -0.4 is 10.6 Å². The fourth-order valence-electron chi connectivity index (χ4n) is 2.84. The lowest BCUT2D eigenvalue weighted by Gasteiger charge is -2.22. The Kier molecular flexibility index (Phi) is 6.90. The predicted molar refractivity (Wildman–Crippen MR) is 115 cm³/mol. The lowest BCUT2D eigenvalue weighted by Crippen LogP contribution is -2.41. The topological polar surface area (TPSA) is 69.8 Å². The molecule has 2 unspecified atom stereocenters. The zero-order valence-electron chi connectivity index (χ0n) is 16.3. The standard InChI is InChI=1S/C22H27N3O2S/c1-17(18-8-4-3-5-9-18)25-21(23-13-12-19-10-6-14-27-19)24-16-22(2,26)20-11-7-15-28-20/h3-11,14-15,17,26H,12-13,16H2,1-2H3,(H2,23,24,25). The molecule has 0 amide bonds. The van der Waals surface area contributed by atoms with E-state index in [1.54, 1.807) is 13.2 Å². The van der Waals surface area contributed by atoms with Gasteiger partial charge >= 0.3 is 0 Å². The van der Waals surface area contributed by atoms with E-state index in [9.17, 15) is 5.11 Å². The number of guanidine groups is 1. The highest BCUT2D eigenvalue weighted by atomic mass is 32.1. The molecule has 148 valence electrons. The Morgan fingerprint density at radius 3 is 2.68 bits per heavy atom. The number of nitrogens with zero attached hydrogens (tertiary/aromatic N) is 1. The lowest BCUT2D eigenvalue weighted by atomic mass is 10.1. The second kappa shape index (κ2) is 9.57. The lowest BCUT2D eigenvalue weighted by molar-refractivity contribution is 0.0711. The molecular formula is C22H27N3O2S. The van der Waals surface area contributed by atoms with E-state index in [2.05, 4.69) is 34.7 Å². The smallest absolute Gasteiger partial charge is 0.191 e. The van der Waals surface area contributed by atoms with Crippen LogP contribution in [0.5, 0.6) is 0 Å². The minimum absolute atomic E-state index is 0.0859. The second-order valence-electron chi connectivity index (χ2n) is 6.95. The number of hydrogen-bond donors (Lipinski definition) is 3. The van der Waals surface area contributed by atoms with Crippen molar-refractivity contribution >= 4 is 17.3 Å². The van der Waals surface area contributed by atoms with E-state index in [-0.39, 0.29) is 12.6 Å². The molecule has 5 nitrogen and oxygen atoms in total. The summed E-state index contributed by atoms with van der Waals surface area (Å²) in [5.74, 6) is 1.59. The number of furan rings is 1. The molecule has 0 spiro atoms. The van der Waals surface area contributed by atoms with Crippen molar-refractivity contribution in [1.82, 2.24) is 10.6 Å². The first-order chi connectivity index (χ1) is 13.5. The molecule has 28 heavy (non-hydrogen) atoms. The summed E-state index contributed by atoms with van der Waals surface area (Å²) in [7, 11) is 0. The van der Waals surface area contributed by atoms with Gasteiger partial charge in [0.1, 0.15) is 11.4 Å². The number of rotatable bonds is 8. The average Bonchev–Trinajstić information content (AvgIpc) is 3.41. The monoisotopic (exact) mass is 397 g/mol. The van der Waals surface area contributed by atoms with Gasteiger partial charge in [0, 0.05) is 17.8 Å². The normalized spacial score (nSPS) is 15.0. The minimum atomic E-state index is -1.00. The number of aliphatic imine (C=N–C) groups is 1. The van der Waals surface area contributed by atoms with Gasteiger partial charge in [-0.05, 0) is 43.0 Å². The van der Waals surface area contributed by atoms with Crippen LogP contribution in [-0.2, 0) is 12.0 Å². The summed E-state index contributed by atoms with van der Waals surface area (Å²) in [5, 5.41) is 19.5. The molecular weight excluding hydrogens is 370 g/mol. The van der Waals surface area contributed by atoms with Crippen LogP contribution in [0.15, 0.2) is 75.7 Å². The maximum atomic E-state index is 10.8. The van der Waals surface area contributed by atoms with E-state index < -0.39 is 5.60 Å². The Bertz CT molecular complexity index is 843. The molecule has 0 fully saturated rings. The average molecular weight is 398 g/mol. The molecule has 2 atom stereocenters. The quantitative estimate of drug-likeness (QED) is 0.396. The van der Waals surface area contributed by atoms with E-state index in [1.807, 2.05) is 47.8 Å². The van der Waals surface area contributed by atoms with Crippen LogP contribution in [0.3, 0.4) is 0 Å². The number of hydrogen-bond acceptors (Lipinski definition) is 4. The Morgan fingerprint density at radius 1 is 1.18 bits per heavy atom. The van der Waals surface area contributed by atoms with Gasteiger partial charge in [-0.25, -0.2) is 4.99 Å². The fraction of sp³-hybridized carbons (Fsp3) is 0.318. The Labute approximate surface area is 170 Å². The van der Waals surface area contributed by atoms with Crippen LogP contribution in [0.4, 0.5) is 0 Å². The molecule has 2 aromatic heterocycles. The molecule has 1 aromatic carbocycles. The van der Waals surface area contributed by atoms with Crippen molar-refractivity contribution in [1.29, 1.82) is 0 Å². The molecule has 0 bridgehead atoms. The highest BCUT2D eigenvalue weighted by molar-refractivity contribution is 7.10. The molecule has 0 aliphatic rings. The first-order valence-electron chi connectivity index (χ1n) is 9.43. The van der Waals surface area contributed by atoms with Crippen LogP contribution in [0, 0.1) is 0 Å². The van der Waals surface area contributed by atoms with Crippen LogP contribution in [0.1, 0.15) is 36.1 Å². The minimum Gasteiger partial charge on any atom is -0.469 e. The molecule has 0 saturated heterocycles. The fourth-order valence-corrected chi connectivity index (χ4v) is 3.62. The van der Waals surface area contributed by atoms with Gasteiger partial charge in [-0.1, -0.05) is 36.4 Å². The summed E-state index contributed by atoms with van der Waals surface area (Å²) in [6, 6.07) is 18.0. The van der Waals surface area contributed by atoms with E-state index in [4.69, 9.17) is 4.42 Å². The highest BCUT2D eigenvalue weighted by Crippen LogP contribution is 2.25. The zero-order valence-corrected chi connectivity index (χ0v) is 17.1. The maximum Gasteiger partial charge on any atom is 0.191 e. The SMILES string of the molecule is CC(NC(=NCC(C)(O)c1cccs1)NCCc1ccco1)c1ccccc1. The molecule has 3 rings (SSSR count). The van der Waals surface area contributed by atoms with E-state index in [1.165, 1.54) is 16.9 Å². The third-order valence-corrected chi connectivity index (χ3v) is 5.62. The summed E-state index contributed by atoms with van der Waals surface area (Å²) in [4.78, 5) is 5.56. The van der Waals surface area contributed by atoms with Crippen LogP contribution >= 0.6 is 11.3 Å². The zero-order chi connectivity index (χ0) is 19.8. The van der Waals surface area contributed by atoms with Gasteiger partial charge in [-0.2, -0.15) is 0 Å². The van der Waals surface area contributed by atoms with Gasteiger partial charge in [0.05, 0.1) is 18.8 Å². The maximum absolute atomic E-state index is 10.8. The van der Waals surface area contributed by atoms with Crippen molar-refractivity contribution in [3.8, 4) is 0 Å². The molecule has 0 aliphatic carbocycles. The summed E-state index contributed by atoms with van der Waals surface area (Å²) in [5.41, 5.74) is 0.174. The largest absolute Gasteiger partial charge is 0.469 e. The summed E-state index contributed by atoms with van der Waals surface area (Å²) in [6.45, 7) is 4.84. The number of benzene rings is 1. The molecule has 3 N–H and O–H groups in total. The van der Waals surface area contributed by atoms with E-state index >= 15 is 0 Å². The van der Waals surface area contributed by atoms with Crippen LogP contribution in [-0.4, -0.2) is 24.2 Å².